The van der Waals surface area contributed by atoms with Gasteiger partial charge in [-0.15, -0.1) is 0 Å². The molecule has 2 heterocycles. The van der Waals surface area contributed by atoms with Gasteiger partial charge < -0.3 is 22.1 Å². The maximum atomic E-state index is 5.80. The molecule has 0 aliphatic carbocycles. The molecule has 0 amide bonds. The third kappa shape index (κ3) is 2.25. The van der Waals surface area contributed by atoms with Crippen molar-refractivity contribution in [1.29, 1.82) is 0 Å². The summed E-state index contributed by atoms with van der Waals surface area (Å²) in [6.45, 7) is 2.75. The topological polar surface area (TPSA) is 88.5 Å². The van der Waals surface area contributed by atoms with Crippen LogP contribution >= 0.6 is 0 Å². The van der Waals surface area contributed by atoms with Crippen LogP contribution in [0.2, 0.25) is 0 Å². The van der Waals surface area contributed by atoms with Crippen molar-refractivity contribution in [3.63, 3.8) is 0 Å². The van der Waals surface area contributed by atoms with E-state index in [0.29, 0.717) is 6.54 Å². The fourth-order valence-electron chi connectivity index (χ4n) is 2.63. The first-order valence-electron chi connectivity index (χ1n) is 7.12. The molecule has 2 aliphatic heterocycles. The minimum absolute atomic E-state index is 0.257. The van der Waals surface area contributed by atoms with E-state index < -0.39 is 0 Å². The first-order chi connectivity index (χ1) is 9.71. The number of hydrogen-bond acceptors (Lipinski definition) is 5. The molecule has 0 aromatic heterocycles. The summed E-state index contributed by atoms with van der Waals surface area (Å²) >= 11 is 0. The van der Waals surface area contributed by atoms with Crippen molar-refractivity contribution in [2.24, 2.45) is 16.5 Å². The first-order valence-corrected chi connectivity index (χ1v) is 7.12. The molecule has 3 rings (SSSR count). The minimum atomic E-state index is 0.257. The van der Waals surface area contributed by atoms with Crippen molar-refractivity contribution in [2.45, 2.75) is 31.8 Å². The highest BCUT2D eigenvalue weighted by Crippen LogP contribution is 2.23. The van der Waals surface area contributed by atoms with Gasteiger partial charge in [0.1, 0.15) is 0 Å². The number of rotatable bonds is 5. The zero-order chi connectivity index (χ0) is 14.1. The minimum Gasteiger partial charge on any atom is -0.386 e. The van der Waals surface area contributed by atoms with Crippen LogP contribution in [0.5, 0.6) is 0 Å². The highest BCUT2D eigenvalue weighted by molar-refractivity contribution is 5.53. The Balaban J connectivity index is 1.90. The van der Waals surface area contributed by atoms with Crippen LogP contribution in [0, 0.1) is 0 Å². The van der Waals surface area contributed by atoms with Crippen LogP contribution in [-0.2, 0) is 0 Å². The molecule has 0 fully saturated rings. The SMILES string of the molecule is CCC(CN)Nc1cc(C2CC=C(N)N2)cc2c1=NC=2. The maximum absolute atomic E-state index is 5.80. The fourth-order valence-corrected chi connectivity index (χ4v) is 2.63. The summed E-state index contributed by atoms with van der Waals surface area (Å²) < 4.78 is 0. The van der Waals surface area contributed by atoms with E-state index in [2.05, 4.69) is 34.7 Å². The Kier molecular flexibility index (Phi) is 3.36. The first kappa shape index (κ1) is 13.0. The molecule has 20 heavy (non-hydrogen) atoms. The van der Waals surface area contributed by atoms with Gasteiger partial charge in [-0.1, -0.05) is 6.92 Å². The number of nitrogens with two attached hydrogens (primary N) is 2. The van der Waals surface area contributed by atoms with Gasteiger partial charge in [0, 0.05) is 24.0 Å². The number of fused-ring (bicyclic) bond motifs is 1. The second-order valence-corrected chi connectivity index (χ2v) is 5.34. The van der Waals surface area contributed by atoms with Gasteiger partial charge in [-0.3, -0.25) is 4.99 Å². The lowest BCUT2D eigenvalue weighted by atomic mass is 10.0. The second-order valence-electron chi connectivity index (χ2n) is 5.34. The van der Waals surface area contributed by atoms with Crippen molar-refractivity contribution in [2.75, 3.05) is 11.9 Å². The van der Waals surface area contributed by atoms with Gasteiger partial charge in [-0.2, -0.15) is 0 Å². The molecule has 5 nitrogen and oxygen atoms in total. The zero-order valence-corrected chi connectivity index (χ0v) is 11.7. The van der Waals surface area contributed by atoms with Crippen LogP contribution in [0.15, 0.2) is 29.0 Å². The summed E-state index contributed by atoms with van der Waals surface area (Å²) in [4.78, 5) is 4.35. The predicted molar refractivity (Wildman–Crippen MR) is 81.2 cm³/mol. The van der Waals surface area contributed by atoms with Gasteiger partial charge in [0.05, 0.1) is 22.9 Å². The summed E-state index contributed by atoms with van der Waals surface area (Å²) in [5.41, 5.74) is 13.9. The van der Waals surface area contributed by atoms with Crippen LogP contribution in [0.4, 0.5) is 5.69 Å². The zero-order valence-electron chi connectivity index (χ0n) is 11.7. The lowest BCUT2D eigenvalue weighted by Crippen LogP contribution is -2.38. The van der Waals surface area contributed by atoms with Crippen molar-refractivity contribution in [3.05, 3.63) is 40.2 Å². The molecule has 2 unspecified atom stereocenters. The summed E-state index contributed by atoms with van der Waals surface area (Å²) in [6.07, 6.45) is 5.85. The largest absolute Gasteiger partial charge is 0.386 e. The van der Waals surface area contributed by atoms with E-state index in [4.69, 9.17) is 11.5 Å². The molecule has 0 saturated carbocycles. The standard InChI is InChI=1S/C15H21N5/c1-2-11(7-16)19-13-6-9(5-10-8-18-15(10)13)12-3-4-14(17)20-12/h4-6,8,11-12,19-20H,2-3,7,16-17H2,1H3. The van der Waals surface area contributed by atoms with E-state index in [1.165, 1.54) is 10.8 Å². The molecule has 0 radical (unpaired) electrons. The summed E-state index contributed by atoms with van der Waals surface area (Å²) in [7, 11) is 0. The number of nitrogens with zero attached hydrogens (tertiary/aromatic N) is 1. The average molecular weight is 271 g/mol. The van der Waals surface area contributed by atoms with Gasteiger partial charge in [-0.05, 0) is 36.6 Å². The van der Waals surface area contributed by atoms with E-state index in [9.17, 15) is 0 Å². The van der Waals surface area contributed by atoms with Crippen LogP contribution in [0.25, 0.3) is 6.20 Å². The Morgan fingerprint density at radius 3 is 2.90 bits per heavy atom. The quantitative estimate of drug-likeness (QED) is 0.609. The molecule has 1 aromatic carbocycles. The summed E-state index contributed by atoms with van der Waals surface area (Å²) in [6, 6.07) is 4.89. The smallest absolute Gasteiger partial charge is 0.0949 e. The van der Waals surface area contributed by atoms with E-state index in [-0.39, 0.29) is 12.1 Å². The third-order valence-corrected chi connectivity index (χ3v) is 3.95. The predicted octanol–water partition coefficient (Wildman–Crippen LogP) is 0.0415. The lowest BCUT2D eigenvalue weighted by molar-refractivity contribution is 0.649. The van der Waals surface area contributed by atoms with Gasteiger partial charge in [0.15, 0.2) is 0 Å². The van der Waals surface area contributed by atoms with Crippen molar-refractivity contribution in [3.8, 4) is 0 Å². The normalized spacial score (nSPS) is 20.7. The van der Waals surface area contributed by atoms with Crippen molar-refractivity contribution < 1.29 is 0 Å². The average Bonchev–Trinajstić information content (AvgIpc) is 2.84. The Morgan fingerprint density at radius 2 is 2.35 bits per heavy atom. The lowest BCUT2D eigenvalue weighted by Gasteiger charge is -2.20. The molecule has 0 spiro atoms. The Morgan fingerprint density at radius 1 is 1.50 bits per heavy atom. The van der Waals surface area contributed by atoms with Gasteiger partial charge >= 0.3 is 0 Å². The Bertz CT molecular complexity index is 658. The molecule has 106 valence electrons. The monoisotopic (exact) mass is 271 g/mol. The van der Waals surface area contributed by atoms with Crippen molar-refractivity contribution in [1.82, 2.24) is 5.32 Å². The van der Waals surface area contributed by atoms with E-state index in [0.717, 1.165) is 29.7 Å². The van der Waals surface area contributed by atoms with E-state index >= 15 is 0 Å². The van der Waals surface area contributed by atoms with Crippen molar-refractivity contribution >= 4 is 11.9 Å². The van der Waals surface area contributed by atoms with Crippen LogP contribution in [-0.4, -0.2) is 12.6 Å². The van der Waals surface area contributed by atoms with Gasteiger partial charge in [0.2, 0.25) is 0 Å². The van der Waals surface area contributed by atoms with E-state index in [1.807, 2.05) is 12.3 Å². The molecule has 0 saturated heterocycles. The molecule has 2 aliphatic rings. The molecule has 1 aromatic rings. The third-order valence-electron chi connectivity index (χ3n) is 3.95. The highest BCUT2D eigenvalue weighted by atomic mass is 15.0. The van der Waals surface area contributed by atoms with Gasteiger partial charge in [-0.25, -0.2) is 0 Å². The maximum Gasteiger partial charge on any atom is 0.0949 e. The fraction of sp³-hybridized carbons (Fsp3) is 0.400. The second kappa shape index (κ2) is 5.17. The number of hydrogen-bond donors (Lipinski definition) is 4. The number of anilines is 1. The summed E-state index contributed by atoms with van der Waals surface area (Å²) in [5, 5.41) is 9.02. The number of benzene rings is 1. The van der Waals surface area contributed by atoms with Crippen LogP contribution in [0.3, 0.4) is 0 Å². The molecular weight excluding hydrogens is 250 g/mol. The molecular formula is C15H21N5. The number of nitrogens with one attached hydrogen (secondary N) is 2. The van der Waals surface area contributed by atoms with E-state index in [1.54, 1.807) is 0 Å². The molecule has 0 bridgehead atoms. The Labute approximate surface area is 118 Å². The van der Waals surface area contributed by atoms with Crippen LogP contribution < -0.4 is 32.7 Å². The molecule has 5 heteroatoms. The van der Waals surface area contributed by atoms with Gasteiger partial charge in [0.25, 0.3) is 0 Å². The molecule has 2 atom stereocenters. The highest BCUT2D eigenvalue weighted by Gasteiger charge is 2.18. The molecule has 6 N–H and O–H groups in total. The summed E-state index contributed by atoms with van der Waals surface area (Å²) in [5.74, 6) is 0.759. The van der Waals surface area contributed by atoms with Crippen LogP contribution in [0.1, 0.15) is 31.4 Å². The Hall–Kier alpha value is -2.01.